The van der Waals surface area contributed by atoms with E-state index in [1.807, 2.05) is 0 Å². The highest BCUT2D eigenvalue weighted by atomic mass is 19.4. The first-order valence-corrected chi connectivity index (χ1v) is 7.82. The number of benzene rings is 2. The largest absolute Gasteiger partial charge is 0.486 e. The Hall–Kier alpha value is -2.70. The number of fused-ring (bicyclic) bond motifs is 2. The molecule has 1 atom stereocenters. The number of carbonyl (C=O) groups is 1. The fraction of sp³-hybridized carbons (Fsp3) is 0.278. The minimum absolute atomic E-state index is 0.165. The van der Waals surface area contributed by atoms with Crippen molar-refractivity contribution in [2.75, 3.05) is 18.5 Å². The zero-order chi connectivity index (χ0) is 17.6. The Labute approximate surface area is 141 Å². The molecule has 2 heterocycles. The van der Waals surface area contributed by atoms with E-state index in [1.165, 1.54) is 12.1 Å². The number of carbonyl (C=O) groups excluding carboxylic acids is 1. The average Bonchev–Trinajstić information content (AvgIpc) is 2.59. The third-order valence-electron chi connectivity index (χ3n) is 4.39. The number of hydrogen-bond acceptors (Lipinski definition) is 3. The number of amides is 1. The van der Waals surface area contributed by atoms with Crippen molar-refractivity contribution in [3.63, 3.8) is 0 Å². The van der Waals surface area contributed by atoms with E-state index >= 15 is 0 Å². The van der Waals surface area contributed by atoms with Crippen molar-refractivity contribution < 1.29 is 27.4 Å². The quantitative estimate of drug-likeness (QED) is 0.848. The van der Waals surface area contributed by atoms with Crippen LogP contribution < -0.4 is 14.8 Å². The molecule has 1 N–H and O–H groups in total. The Morgan fingerprint density at radius 1 is 1.00 bits per heavy atom. The third kappa shape index (κ3) is 2.90. The maximum absolute atomic E-state index is 12.8. The van der Waals surface area contributed by atoms with Crippen molar-refractivity contribution in [3.8, 4) is 11.5 Å². The van der Waals surface area contributed by atoms with Crippen LogP contribution in [0.1, 0.15) is 29.0 Å². The zero-order valence-electron chi connectivity index (χ0n) is 13.0. The predicted molar refractivity (Wildman–Crippen MR) is 84.0 cm³/mol. The molecule has 0 fully saturated rings. The monoisotopic (exact) mass is 349 g/mol. The van der Waals surface area contributed by atoms with Crippen LogP contribution in [0.25, 0.3) is 0 Å². The van der Waals surface area contributed by atoms with Crippen LogP contribution in [-0.2, 0) is 11.0 Å². The topological polar surface area (TPSA) is 47.6 Å². The van der Waals surface area contributed by atoms with E-state index in [0.29, 0.717) is 36.0 Å². The summed E-state index contributed by atoms with van der Waals surface area (Å²) in [5.41, 5.74) is 1.36. The van der Waals surface area contributed by atoms with Gasteiger partial charge in [0, 0.05) is 24.1 Å². The lowest BCUT2D eigenvalue weighted by Gasteiger charge is -2.29. The van der Waals surface area contributed by atoms with Crippen molar-refractivity contribution >= 4 is 11.6 Å². The van der Waals surface area contributed by atoms with Crippen LogP contribution in [0, 0.1) is 0 Å². The van der Waals surface area contributed by atoms with Gasteiger partial charge in [-0.3, -0.25) is 4.79 Å². The maximum atomic E-state index is 12.8. The van der Waals surface area contributed by atoms with Gasteiger partial charge in [-0.1, -0.05) is 12.1 Å². The maximum Gasteiger partial charge on any atom is 0.416 e. The molecule has 7 heteroatoms. The normalized spacial score (nSPS) is 19.2. The lowest BCUT2D eigenvalue weighted by Crippen LogP contribution is -2.24. The second kappa shape index (κ2) is 5.68. The summed E-state index contributed by atoms with van der Waals surface area (Å²) in [5, 5.41) is 2.79. The molecule has 0 aliphatic carbocycles. The molecule has 1 unspecified atom stereocenters. The van der Waals surface area contributed by atoms with Gasteiger partial charge in [-0.05, 0) is 29.3 Å². The van der Waals surface area contributed by atoms with E-state index in [4.69, 9.17) is 9.47 Å². The summed E-state index contributed by atoms with van der Waals surface area (Å²) in [4.78, 5) is 12.0. The lowest BCUT2D eigenvalue weighted by molar-refractivity contribution is -0.137. The first-order chi connectivity index (χ1) is 11.9. The molecular weight excluding hydrogens is 335 g/mol. The molecular formula is C18H14F3NO3. The minimum Gasteiger partial charge on any atom is -0.486 e. The molecule has 2 aromatic rings. The van der Waals surface area contributed by atoms with E-state index < -0.39 is 11.7 Å². The molecule has 1 amide bonds. The number of nitrogens with one attached hydrogen (secondary N) is 1. The van der Waals surface area contributed by atoms with Gasteiger partial charge in [0.1, 0.15) is 13.2 Å². The summed E-state index contributed by atoms with van der Waals surface area (Å²) < 4.78 is 49.4. The van der Waals surface area contributed by atoms with E-state index in [0.717, 1.165) is 17.7 Å². The summed E-state index contributed by atoms with van der Waals surface area (Å²) in [6.45, 7) is 0.866. The Kier molecular flexibility index (Phi) is 3.59. The molecule has 2 aliphatic rings. The molecule has 2 aliphatic heterocycles. The minimum atomic E-state index is -4.38. The van der Waals surface area contributed by atoms with E-state index in [9.17, 15) is 18.0 Å². The average molecular weight is 349 g/mol. The van der Waals surface area contributed by atoms with Crippen LogP contribution in [0.4, 0.5) is 18.9 Å². The number of anilines is 1. The van der Waals surface area contributed by atoms with Crippen LogP contribution in [0.5, 0.6) is 11.5 Å². The van der Waals surface area contributed by atoms with Gasteiger partial charge in [0.25, 0.3) is 0 Å². The van der Waals surface area contributed by atoms with Gasteiger partial charge in [0.2, 0.25) is 5.91 Å². The Morgan fingerprint density at radius 2 is 1.64 bits per heavy atom. The molecule has 130 valence electrons. The van der Waals surface area contributed by atoms with Crippen LogP contribution in [0.2, 0.25) is 0 Å². The molecule has 4 rings (SSSR count). The molecule has 0 bridgehead atoms. The van der Waals surface area contributed by atoms with Gasteiger partial charge >= 0.3 is 6.18 Å². The summed E-state index contributed by atoms with van der Waals surface area (Å²) in [7, 11) is 0. The molecule has 4 nitrogen and oxygen atoms in total. The lowest BCUT2D eigenvalue weighted by atomic mass is 9.84. The predicted octanol–water partition coefficient (Wildman–Crippen LogP) is 3.95. The van der Waals surface area contributed by atoms with Crippen molar-refractivity contribution in [1.29, 1.82) is 0 Å². The molecule has 0 spiro atoms. The van der Waals surface area contributed by atoms with Gasteiger partial charge in [0.05, 0.1) is 5.56 Å². The number of hydrogen-bond donors (Lipinski definition) is 1. The Bertz CT molecular complexity index is 831. The fourth-order valence-electron chi connectivity index (χ4n) is 3.20. The highest BCUT2D eigenvalue weighted by Crippen LogP contribution is 2.44. The second-order valence-corrected chi connectivity index (χ2v) is 6.01. The Morgan fingerprint density at radius 3 is 2.28 bits per heavy atom. The summed E-state index contributed by atoms with van der Waals surface area (Å²) in [5.74, 6) is 0.618. The third-order valence-corrected chi connectivity index (χ3v) is 4.39. The molecule has 25 heavy (non-hydrogen) atoms. The van der Waals surface area contributed by atoms with Crippen LogP contribution in [-0.4, -0.2) is 19.1 Å². The van der Waals surface area contributed by atoms with Crippen LogP contribution in [0.15, 0.2) is 36.4 Å². The van der Waals surface area contributed by atoms with E-state index in [-0.39, 0.29) is 18.2 Å². The smallest absolute Gasteiger partial charge is 0.416 e. The van der Waals surface area contributed by atoms with Crippen LogP contribution in [0.3, 0.4) is 0 Å². The SMILES string of the molecule is O=C1CC(c2ccc(C(F)(F)F)cc2)c2cc3c(cc2N1)OCCO3. The van der Waals surface area contributed by atoms with Gasteiger partial charge < -0.3 is 14.8 Å². The van der Waals surface area contributed by atoms with Crippen LogP contribution >= 0.6 is 0 Å². The van der Waals surface area contributed by atoms with Crippen molar-refractivity contribution in [2.45, 2.75) is 18.5 Å². The standard InChI is InChI=1S/C18H14F3NO3/c19-18(20,21)11-3-1-10(2-4-11)12-8-17(23)22-14-9-16-15(7-13(12)14)24-5-6-25-16/h1-4,7,9,12H,5-6,8H2,(H,22,23). The summed E-state index contributed by atoms with van der Waals surface area (Å²) >= 11 is 0. The molecule has 0 saturated heterocycles. The molecule has 2 aromatic carbocycles. The number of alkyl halides is 3. The highest BCUT2D eigenvalue weighted by molar-refractivity contribution is 5.96. The van der Waals surface area contributed by atoms with E-state index in [2.05, 4.69) is 5.32 Å². The van der Waals surface area contributed by atoms with Crippen molar-refractivity contribution in [2.24, 2.45) is 0 Å². The first kappa shape index (κ1) is 15.8. The molecule has 0 aromatic heterocycles. The Balaban J connectivity index is 1.75. The summed E-state index contributed by atoms with van der Waals surface area (Å²) in [6, 6.07) is 8.43. The van der Waals surface area contributed by atoms with Gasteiger partial charge in [-0.25, -0.2) is 0 Å². The summed E-state index contributed by atoms with van der Waals surface area (Å²) in [6.07, 6.45) is -4.22. The first-order valence-electron chi connectivity index (χ1n) is 7.82. The highest BCUT2D eigenvalue weighted by Gasteiger charge is 2.32. The van der Waals surface area contributed by atoms with Gasteiger partial charge in [-0.2, -0.15) is 13.2 Å². The zero-order valence-corrected chi connectivity index (χ0v) is 13.0. The van der Waals surface area contributed by atoms with Gasteiger partial charge in [0.15, 0.2) is 11.5 Å². The second-order valence-electron chi connectivity index (χ2n) is 6.01. The fourth-order valence-corrected chi connectivity index (χ4v) is 3.20. The number of ether oxygens (including phenoxy) is 2. The van der Waals surface area contributed by atoms with Crippen molar-refractivity contribution in [1.82, 2.24) is 0 Å². The number of halogens is 3. The van der Waals surface area contributed by atoms with Crippen molar-refractivity contribution in [3.05, 3.63) is 53.1 Å². The van der Waals surface area contributed by atoms with Gasteiger partial charge in [-0.15, -0.1) is 0 Å². The van der Waals surface area contributed by atoms with E-state index in [1.54, 1.807) is 12.1 Å². The molecule has 0 saturated carbocycles. The molecule has 0 radical (unpaired) electrons. The number of rotatable bonds is 1.